The Bertz CT molecular complexity index is 145. The molecule has 0 aromatic heterocycles. The number of rotatable bonds is 2. The molecule has 0 saturated carbocycles. The highest BCUT2D eigenvalue weighted by Crippen LogP contribution is 2.45. The Morgan fingerprint density at radius 3 is 2.25 bits per heavy atom. The lowest BCUT2D eigenvalue weighted by atomic mass is 11.8. The van der Waals surface area contributed by atoms with Crippen molar-refractivity contribution in [2.24, 2.45) is 0 Å². The summed E-state index contributed by atoms with van der Waals surface area (Å²) in [5.41, 5.74) is 0. The van der Waals surface area contributed by atoms with E-state index in [0.717, 1.165) is 7.11 Å². The highest BCUT2D eigenvalue weighted by Gasteiger charge is 2.26. The van der Waals surface area contributed by atoms with E-state index in [2.05, 4.69) is 4.52 Å². The molecule has 4 nitrogen and oxygen atoms in total. The lowest BCUT2D eigenvalue weighted by Crippen LogP contribution is -1.85. The van der Waals surface area contributed by atoms with Gasteiger partial charge < -0.3 is 9.42 Å². The van der Waals surface area contributed by atoms with Gasteiger partial charge in [-0.05, 0) is 0 Å². The van der Waals surface area contributed by atoms with Crippen LogP contribution in [0.3, 0.4) is 0 Å². The predicted octanol–water partition coefficient (Wildman–Crippen LogP) is 0.366. The van der Waals surface area contributed by atoms with Crippen molar-refractivity contribution in [1.82, 2.24) is 0 Å². The predicted molar refractivity (Wildman–Crippen MR) is 26.1 cm³/mol. The maximum absolute atomic E-state index is 11.3. The molecule has 0 spiro atoms. The molecule has 1 N–H and O–H groups in total. The molecule has 2 atom stereocenters. The molecule has 0 aromatic carbocycles. The van der Waals surface area contributed by atoms with E-state index < -0.39 is 17.6 Å². The molecule has 0 aliphatic rings. The molecule has 2 unspecified atom stereocenters. The SMILES string of the molecule is COP(=O)(O)S(=O)F. The molecule has 0 amide bonds. The summed E-state index contributed by atoms with van der Waals surface area (Å²) in [6.07, 6.45) is 0. The molecule has 0 heterocycles. The Morgan fingerprint density at radius 2 is 2.25 bits per heavy atom. The van der Waals surface area contributed by atoms with E-state index in [-0.39, 0.29) is 0 Å². The van der Waals surface area contributed by atoms with E-state index in [0.29, 0.717) is 0 Å². The van der Waals surface area contributed by atoms with Crippen molar-refractivity contribution in [3.05, 3.63) is 0 Å². The molecule has 0 aliphatic carbocycles. The second kappa shape index (κ2) is 2.68. The molecule has 7 heteroatoms. The number of halogens is 1. The van der Waals surface area contributed by atoms with Crippen LogP contribution in [0.4, 0.5) is 3.89 Å². The van der Waals surface area contributed by atoms with Gasteiger partial charge in [-0.3, -0.25) is 0 Å². The summed E-state index contributed by atoms with van der Waals surface area (Å²) in [6.45, 7) is -4.44. The van der Waals surface area contributed by atoms with Crippen molar-refractivity contribution >= 4 is 17.6 Å². The minimum Gasteiger partial charge on any atom is -0.313 e. The molecule has 0 rings (SSSR count). The normalized spacial score (nSPS) is 21.9. The Labute approximate surface area is 47.7 Å². The maximum Gasteiger partial charge on any atom is 0.446 e. The van der Waals surface area contributed by atoms with E-state index in [1.54, 1.807) is 0 Å². The zero-order valence-electron chi connectivity index (χ0n) is 3.91. The van der Waals surface area contributed by atoms with E-state index in [1.165, 1.54) is 0 Å². The fraction of sp³-hybridized carbons (Fsp3) is 1.00. The molecule has 0 radical (unpaired) electrons. The quantitative estimate of drug-likeness (QED) is 0.470. The first-order valence-electron chi connectivity index (χ1n) is 1.48. The summed E-state index contributed by atoms with van der Waals surface area (Å²) >= 11 is 0. The van der Waals surface area contributed by atoms with Crippen molar-refractivity contribution in [3.8, 4) is 0 Å². The van der Waals surface area contributed by atoms with Crippen molar-refractivity contribution in [2.75, 3.05) is 7.11 Å². The van der Waals surface area contributed by atoms with E-state index in [4.69, 9.17) is 4.89 Å². The maximum atomic E-state index is 11.3. The van der Waals surface area contributed by atoms with Gasteiger partial charge in [-0.15, -0.1) is 3.89 Å². The van der Waals surface area contributed by atoms with Gasteiger partial charge in [0.25, 0.3) is 0 Å². The Kier molecular flexibility index (Phi) is 2.76. The van der Waals surface area contributed by atoms with Gasteiger partial charge in [0.1, 0.15) is 0 Å². The third-order valence-electron chi connectivity index (χ3n) is 0.412. The molecule has 0 fully saturated rings. The Morgan fingerprint density at radius 1 is 1.88 bits per heavy atom. The summed E-state index contributed by atoms with van der Waals surface area (Å²) in [7, 11) is -2.48. The van der Waals surface area contributed by atoms with Crippen molar-refractivity contribution in [2.45, 2.75) is 0 Å². The van der Waals surface area contributed by atoms with Crippen LogP contribution in [-0.2, 0) is 19.9 Å². The van der Waals surface area contributed by atoms with Crippen LogP contribution in [0.2, 0.25) is 0 Å². The first-order valence-corrected chi connectivity index (χ1v) is 4.71. The Balaban J connectivity index is 4.15. The third-order valence-corrected chi connectivity index (χ3v) is 2.77. The second-order valence-electron chi connectivity index (χ2n) is 0.858. The third kappa shape index (κ3) is 2.00. The smallest absolute Gasteiger partial charge is 0.313 e. The second-order valence-corrected chi connectivity index (χ2v) is 4.82. The molecule has 8 heavy (non-hydrogen) atoms. The largest absolute Gasteiger partial charge is 0.446 e. The molecule has 0 bridgehead atoms. The van der Waals surface area contributed by atoms with Gasteiger partial charge in [-0.2, -0.15) is 0 Å². The van der Waals surface area contributed by atoms with Crippen LogP contribution in [0, 0.1) is 0 Å². The molecular formula is CH4FO4PS. The van der Waals surface area contributed by atoms with Crippen LogP contribution in [-0.4, -0.2) is 16.2 Å². The number of hydrogen-bond donors (Lipinski definition) is 1. The fourth-order valence-corrected chi connectivity index (χ4v) is 0.527. The summed E-state index contributed by atoms with van der Waals surface area (Å²) < 4.78 is 34.4. The lowest BCUT2D eigenvalue weighted by molar-refractivity contribution is 0.332. The summed E-state index contributed by atoms with van der Waals surface area (Å²) in [5, 5.41) is 0. The van der Waals surface area contributed by atoms with E-state index in [1.807, 2.05) is 0 Å². The van der Waals surface area contributed by atoms with Gasteiger partial charge in [-0.25, -0.2) is 8.77 Å². The first kappa shape index (κ1) is 8.23. The zero-order valence-corrected chi connectivity index (χ0v) is 5.62. The van der Waals surface area contributed by atoms with Crippen LogP contribution < -0.4 is 0 Å². The average Bonchev–Trinajstić information content (AvgIpc) is 1.67. The summed E-state index contributed by atoms with van der Waals surface area (Å²) in [5.74, 6) is 0. The Hall–Kier alpha value is 0.230. The first-order chi connectivity index (χ1) is 3.50. The average molecular weight is 162 g/mol. The van der Waals surface area contributed by atoms with E-state index in [9.17, 15) is 12.7 Å². The van der Waals surface area contributed by atoms with Crippen LogP contribution in [0.5, 0.6) is 0 Å². The number of hydrogen-bond acceptors (Lipinski definition) is 3. The van der Waals surface area contributed by atoms with Crippen LogP contribution in [0.15, 0.2) is 0 Å². The summed E-state index contributed by atoms with van der Waals surface area (Å²) in [4.78, 5) is 8.06. The van der Waals surface area contributed by atoms with Gasteiger partial charge in [0, 0.05) is 7.11 Å². The van der Waals surface area contributed by atoms with Crippen LogP contribution >= 0.6 is 6.80 Å². The summed E-state index contributed by atoms with van der Waals surface area (Å²) in [6, 6.07) is 0. The lowest BCUT2D eigenvalue weighted by Gasteiger charge is -1.97. The van der Waals surface area contributed by atoms with Crippen LogP contribution in [0.25, 0.3) is 0 Å². The molecule has 50 valence electrons. The molecule has 0 saturated heterocycles. The van der Waals surface area contributed by atoms with Gasteiger partial charge in [-0.1, -0.05) is 0 Å². The van der Waals surface area contributed by atoms with Crippen molar-refractivity contribution < 1.29 is 22.1 Å². The topological polar surface area (TPSA) is 63.6 Å². The molecular weight excluding hydrogens is 158 g/mol. The molecule has 0 aliphatic heterocycles. The molecule has 0 aromatic rings. The van der Waals surface area contributed by atoms with Gasteiger partial charge in [0.15, 0.2) is 0 Å². The van der Waals surface area contributed by atoms with Crippen molar-refractivity contribution in [3.63, 3.8) is 0 Å². The van der Waals surface area contributed by atoms with Gasteiger partial charge in [0.05, 0.1) is 0 Å². The minimum atomic E-state index is -4.44. The van der Waals surface area contributed by atoms with E-state index >= 15 is 0 Å². The minimum absolute atomic E-state index is 0.804. The zero-order chi connectivity index (χ0) is 6.78. The standard InChI is InChI=1S/CH4FO4PS/c1-6-7(3,4)8(2)5/h1H3,(H,3,4). The van der Waals surface area contributed by atoms with Crippen LogP contribution in [0.1, 0.15) is 0 Å². The fourth-order valence-electron chi connectivity index (χ4n) is 0.0586. The van der Waals surface area contributed by atoms with Gasteiger partial charge in [0.2, 0.25) is 0 Å². The highest BCUT2D eigenvalue weighted by molar-refractivity contribution is 8.42. The van der Waals surface area contributed by atoms with Crippen molar-refractivity contribution in [1.29, 1.82) is 0 Å². The monoisotopic (exact) mass is 162 g/mol. The highest BCUT2D eigenvalue weighted by atomic mass is 32.8. The van der Waals surface area contributed by atoms with Gasteiger partial charge >= 0.3 is 17.6 Å².